The van der Waals surface area contributed by atoms with Crippen LogP contribution in [-0.4, -0.2) is 43.4 Å². The van der Waals surface area contributed by atoms with Crippen LogP contribution in [0.5, 0.6) is 0 Å². The van der Waals surface area contributed by atoms with E-state index in [0.717, 1.165) is 19.3 Å². The molecule has 0 aliphatic heterocycles. The van der Waals surface area contributed by atoms with Crippen LogP contribution in [0.3, 0.4) is 0 Å². The first-order chi connectivity index (χ1) is 8.63. The summed E-state index contributed by atoms with van der Waals surface area (Å²) in [6, 6.07) is -0.354. The second kappa shape index (κ2) is 7.71. The Balaban J connectivity index is 2.17. The third-order valence-electron chi connectivity index (χ3n) is 2.94. The van der Waals surface area contributed by atoms with Crippen LogP contribution >= 0.6 is 0 Å². The van der Waals surface area contributed by atoms with E-state index in [9.17, 15) is 9.59 Å². The Morgan fingerprint density at radius 3 is 2.78 bits per heavy atom. The fourth-order valence-corrected chi connectivity index (χ4v) is 1.80. The van der Waals surface area contributed by atoms with Crippen molar-refractivity contribution in [3.8, 4) is 0 Å². The average Bonchev–Trinajstić information content (AvgIpc) is 2.38. The third kappa shape index (κ3) is 5.18. The number of hydrogen-bond donors (Lipinski definition) is 3. The number of carbonyl (C=O) groups is 2. The van der Waals surface area contributed by atoms with Crippen molar-refractivity contribution in [1.82, 2.24) is 10.6 Å². The molecule has 6 nitrogen and oxygen atoms in total. The van der Waals surface area contributed by atoms with Crippen molar-refractivity contribution in [2.75, 3.05) is 20.2 Å². The molecule has 0 saturated carbocycles. The number of nitrogens with one attached hydrogen (secondary N) is 2. The van der Waals surface area contributed by atoms with Crippen LogP contribution in [0.2, 0.25) is 0 Å². The van der Waals surface area contributed by atoms with Crippen molar-refractivity contribution in [2.45, 2.75) is 25.4 Å². The van der Waals surface area contributed by atoms with Crippen LogP contribution in [0.1, 0.15) is 19.3 Å². The molecule has 1 aliphatic carbocycles. The summed E-state index contributed by atoms with van der Waals surface area (Å²) >= 11 is 0. The molecule has 102 valence electrons. The molecule has 0 aromatic heterocycles. The fourth-order valence-electron chi connectivity index (χ4n) is 1.80. The number of rotatable bonds is 6. The van der Waals surface area contributed by atoms with Gasteiger partial charge in [0.1, 0.15) is 0 Å². The Bertz CT molecular complexity index is 317. The molecule has 0 aromatic rings. The number of ether oxygens (including phenoxy) is 1. The first kappa shape index (κ1) is 14.5. The van der Waals surface area contributed by atoms with Gasteiger partial charge in [0.25, 0.3) is 0 Å². The largest absolute Gasteiger partial charge is 0.479 e. The lowest BCUT2D eigenvalue weighted by Gasteiger charge is -2.18. The highest BCUT2D eigenvalue weighted by Gasteiger charge is 2.17. The minimum Gasteiger partial charge on any atom is -0.479 e. The highest BCUT2D eigenvalue weighted by atomic mass is 16.5. The number of aliphatic carboxylic acids is 1. The van der Waals surface area contributed by atoms with E-state index in [1.165, 1.54) is 7.11 Å². The molecular formula is C12H20N2O4. The van der Waals surface area contributed by atoms with Crippen LogP contribution in [0.4, 0.5) is 4.79 Å². The van der Waals surface area contributed by atoms with Crippen LogP contribution in [0, 0.1) is 5.92 Å². The summed E-state index contributed by atoms with van der Waals surface area (Å²) in [4.78, 5) is 22.1. The molecule has 3 N–H and O–H groups in total. The molecule has 2 amide bonds. The average molecular weight is 256 g/mol. The molecular weight excluding hydrogens is 236 g/mol. The second-order valence-corrected chi connectivity index (χ2v) is 4.30. The monoisotopic (exact) mass is 256 g/mol. The molecule has 0 aromatic carbocycles. The fraction of sp³-hybridized carbons (Fsp3) is 0.667. The molecule has 1 rings (SSSR count). The number of amides is 2. The Hall–Kier alpha value is -1.56. The normalized spacial score (nSPS) is 20.2. The molecule has 0 radical (unpaired) electrons. The van der Waals surface area contributed by atoms with Gasteiger partial charge in [-0.1, -0.05) is 12.2 Å². The predicted octanol–water partition coefficient (Wildman–Crippen LogP) is 0.741. The first-order valence-electron chi connectivity index (χ1n) is 6.05. The van der Waals surface area contributed by atoms with E-state index >= 15 is 0 Å². The summed E-state index contributed by atoms with van der Waals surface area (Å²) in [7, 11) is 1.30. The highest BCUT2D eigenvalue weighted by Crippen LogP contribution is 2.16. The van der Waals surface area contributed by atoms with E-state index in [1.54, 1.807) is 0 Å². The van der Waals surface area contributed by atoms with Crippen molar-refractivity contribution in [3.05, 3.63) is 12.2 Å². The number of urea groups is 1. The molecule has 0 saturated heterocycles. The van der Waals surface area contributed by atoms with Gasteiger partial charge < -0.3 is 20.5 Å². The van der Waals surface area contributed by atoms with Crippen LogP contribution in [0.25, 0.3) is 0 Å². The zero-order chi connectivity index (χ0) is 13.4. The molecule has 1 aliphatic rings. The van der Waals surface area contributed by atoms with Crippen molar-refractivity contribution < 1.29 is 19.4 Å². The Kier molecular flexibility index (Phi) is 6.21. The smallest absolute Gasteiger partial charge is 0.334 e. The number of allylic oxidation sites excluding steroid dienone is 2. The van der Waals surface area contributed by atoms with Gasteiger partial charge in [0.05, 0.1) is 6.54 Å². The number of hydrogen-bond acceptors (Lipinski definition) is 3. The van der Waals surface area contributed by atoms with Crippen molar-refractivity contribution in [3.63, 3.8) is 0 Å². The molecule has 2 atom stereocenters. The summed E-state index contributed by atoms with van der Waals surface area (Å²) in [6.45, 7) is 0.573. The lowest BCUT2D eigenvalue weighted by atomic mass is 9.94. The molecule has 0 heterocycles. The quantitative estimate of drug-likeness (QED) is 0.612. The zero-order valence-electron chi connectivity index (χ0n) is 10.5. The Morgan fingerprint density at radius 1 is 1.44 bits per heavy atom. The Morgan fingerprint density at radius 2 is 2.22 bits per heavy atom. The first-order valence-corrected chi connectivity index (χ1v) is 6.05. The standard InChI is InChI=1S/C12H20N2O4/c1-18-10(11(15)16)8-14-12(17)13-7-9-5-3-2-4-6-9/h2-3,9-10H,4-8H2,1H3,(H,15,16)(H2,13,14,17). The van der Waals surface area contributed by atoms with E-state index in [4.69, 9.17) is 9.84 Å². The molecule has 0 bridgehead atoms. The summed E-state index contributed by atoms with van der Waals surface area (Å²) in [5.41, 5.74) is 0. The summed E-state index contributed by atoms with van der Waals surface area (Å²) in [6.07, 6.45) is 6.38. The van der Waals surface area contributed by atoms with Gasteiger partial charge in [-0.15, -0.1) is 0 Å². The third-order valence-corrected chi connectivity index (χ3v) is 2.94. The van der Waals surface area contributed by atoms with Crippen LogP contribution in [0.15, 0.2) is 12.2 Å². The molecule has 18 heavy (non-hydrogen) atoms. The van der Waals surface area contributed by atoms with Gasteiger partial charge in [-0.25, -0.2) is 9.59 Å². The summed E-state index contributed by atoms with van der Waals surface area (Å²) < 4.78 is 4.71. The van der Waals surface area contributed by atoms with Gasteiger partial charge in [0.2, 0.25) is 0 Å². The van der Waals surface area contributed by atoms with E-state index in [-0.39, 0.29) is 12.6 Å². The maximum atomic E-state index is 11.4. The topological polar surface area (TPSA) is 87.7 Å². The van der Waals surface area contributed by atoms with Gasteiger partial charge in [0, 0.05) is 13.7 Å². The highest BCUT2D eigenvalue weighted by molar-refractivity contribution is 5.76. The number of carboxylic acids is 1. The predicted molar refractivity (Wildman–Crippen MR) is 66.3 cm³/mol. The zero-order valence-corrected chi connectivity index (χ0v) is 10.5. The van der Waals surface area contributed by atoms with Crippen molar-refractivity contribution in [1.29, 1.82) is 0 Å². The maximum absolute atomic E-state index is 11.4. The summed E-state index contributed by atoms with van der Waals surface area (Å²) in [5.74, 6) is -0.617. The van der Waals surface area contributed by atoms with Gasteiger partial charge in [-0.3, -0.25) is 0 Å². The number of carbonyl (C=O) groups excluding carboxylic acids is 1. The van der Waals surface area contributed by atoms with Crippen molar-refractivity contribution >= 4 is 12.0 Å². The lowest BCUT2D eigenvalue weighted by molar-refractivity contribution is -0.147. The second-order valence-electron chi connectivity index (χ2n) is 4.30. The van der Waals surface area contributed by atoms with Crippen molar-refractivity contribution in [2.24, 2.45) is 5.92 Å². The van der Waals surface area contributed by atoms with E-state index in [1.807, 2.05) is 0 Å². The number of methoxy groups -OCH3 is 1. The van der Waals surface area contributed by atoms with E-state index in [0.29, 0.717) is 12.5 Å². The van der Waals surface area contributed by atoms with Crippen LogP contribution in [-0.2, 0) is 9.53 Å². The van der Waals surface area contributed by atoms with Gasteiger partial charge in [0.15, 0.2) is 6.10 Å². The molecule has 0 fully saturated rings. The minimum absolute atomic E-state index is 0.0394. The molecule has 2 unspecified atom stereocenters. The van der Waals surface area contributed by atoms with E-state index in [2.05, 4.69) is 22.8 Å². The Labute approximate surface area is 106 Å². The number of carboxylic acid groups (broad SMARTS) is 1. The SMILES string of the molecule is COC(CNC(=O)NCC1CC=CCC1)C(=O)O. The van der Waals surface area contributed by atoms with Gasteiger partial charge >= 0.3 is 12.0 Å². The molecule has 6 heteroatoms. The van der Waals surface area contributed by atoms with Crippen LogP contribution < -0.4 is 10.6 Å². The maximum Gasteiger partial charge on any atom is 0.334 e. The van der Waals surface area contributed by atoms with Gasteiger partial charge in [-0.2, -0.15) is 0 Å². The molecule has 0 spiro atoms. The lowest BCUT2D eigenvalue weighted by Crippen LogP contribution is -2.44. The van der Waals surface area contributed by atoms with Gasteiger partial charge in [-0.05, 0) is 25.2 Å². The van der Waals surface area contributed by atoms with E-state index < -0.39 is 12.1 Å². The summed E-state index contributed by atoms with van der Waals surface area (Å²) in [5, 5.41) is 13.9. The minimum atomic E-state index is -1.09.